The number of aromatic nitrogens is 1. The molecule has 0 saturated carbocycles. The van der Waals surface area contributed by atoms with Gasteiger partial charge in [0.1, 0.15) is 5.82 Å². The molecule has 3 aromatic rings. The van der Waals surface area contributed by atoms with Gasteiger partial charge in [0.05, 0.1) is 11.2 Å². The number of hydrogen-bond acceptors (Lipinski definition) is 2. The number of para-hydroxylation sites is 1. The van der Waals surface area contributed by atoms with Gasteiger partial charge >= 0.3 is 0 Å². The Morgan fingerprint density at radius 1 is 1.17 bits per heavy atom. The molecule has 3 rings (SSSR count). The quantitative estimate of drug-likeness (QED) is 0.529. The van der Waals surface area contributed by atoms with E-state index in [4.69, 9.17) is 0 Å². The van der Waals surface area contributed by atoms with Gasteiger partial charge in [0.2, 0.25) is 0 Å². The molecule has 1 heterocycles. The van der Waals surface area contributed by atoms with Gasteiger partial charge in [0.15, 0.2) is 0 Å². The first-order valence-electron chi connectivity index (χ1n) is 8.25. The summed E-state index contributed by atoms with van der Waals surface area (Å²) < 4.78 is 16.7. The second-order valence-electron chi connectivity index (χ2n) is 6.33. The highest BCUT2D eigenvalue weighted by Crippen LogP contribution is 2.41. The third-order valence-corrected chi connectivity index (χ3v) is 5.18. The molecule has 126 valence electrons. The van der Waals surface area contributed by atoms with Crippen molar-refractivity contribution in [2.45, 2.75) is 32.1 Å². The normalized spacial score (nSPS) is 13.8. The number of aromatic amines is 1. The highest BCUT2D eigenvalue weighted by molar-refractivity contribution is 7.99. The molecule has 0 fully saturated rings. The summed E-state index contributed by atoms with van der Waals surface area (Å²) >= 11 is 1.58. The summed E-state index contributed by atoms with van der Waals surface area (Å²) in [7, 11) is 0. The Morgan fingerprint density at radius 3 is 2.58 bits per heavy atom. The molecule has 0 aliphatic carbocycles. The second kappa shape index (κ2) is 6.89. The predicted molar refractivity (Wildman–Crippen MR) is 103 cm³/mol. The number of halogens is 1. The van der Waals surface area contributed by atoms with Crippen molar-refractivity contribution >= 4 is 28.5 Å². The summed E-state index contributed by atoms with van der Waals surface area (Å²) in [6.07, 6.45) is 6.19. The Labute approximate surface area is 147 Å². The first-order chi connectivity index (χ1) is 11.6. The second-order valence-corrected chi connectivity index (χ2v) is 6.94. The summed E-state index contributed by atoms with van der Waals surface area (Å²) in [6.45, 7) is 4.44. The van der Waals surface area contributed by atoms with Crippen molar-refractivity contribution in [3.63, 3.8) is 0 Å². The monoisotopic (exact) mass is 342 g/mol. The Balaban J connectivity index is 2.17. The van der Waals surface area contributed by atoms with Gasteiger partial charge < -0.3 is 9.71 Å². The molecule has 0 saturated heterocycles. The molecule has 0 radical (unpaired) electrons. The molecule has 4 heteroatoms. The van der Waals surface area contributed by atoms with Crippen LogP contribution in [0.2, 0.25) is 0 Å². The molecule has 2 N–H and O–H groups in total. The summed E-state index contributed by atoms with van der Waals surface area (Å²) in [6, 6.07) is 13.2. The molecular weight excluding hydrogens is 319 g/mol. The van der Waals surface area contributed by atoms with Crippen LogP contribution in [0.3, 0.4) is 0 Å². The van der Waals surface area contributed by atoms with E-state index in [2.05, 4.69) is 47.9 Å². The smallest absolute Gasteiger partial charge is 0.123 e. The van der Waals surface area contributed by atoms with Crippen molar-refractivity contribution in [2.24, 2.45) is 0 Å². The molecular formula is C20H23FN2S. The van der Waals surface area contributed by atoms with E-state index in [1.54, 1.807) is 24.1 Å². The van der Waals surface area contributed by atoms with Gasteiger partial charge in [-0.3, -0.25) is 0 Å². The summed E-state index contributed by atoms with van der Waals surface area (Å²) in [5.74, 6) is -0.192. The van der Waals surface area contributed by atoms with E-state index in [0.29, 0.717) is 0 Å². The summed E-state index contributed by atoms with van der Waals surface area (Å²) in [5.41, 5.74) is 4.46. The number of benzene rings is 2. The molecule has 2 nitrogen and oxygen atoms in total. The van der Waals surface area contributed by atoms with Gasteiger partial charge in [0, 0.05) is 23.3 Å². The lowest BCUT2D eigenvalue weighted by Gasteiger charge is -2.30. The SMILES string of the molecule is CCCC(C)(c1ccc(F)cc1)c1c[nH]c2c(NSC)cccc12. The zero-order valence-corrected chi connectivity index (χ0v) is 15.1. The van der Waals surface area contributed by atoms with Crippen LogP contribution < -0.4 is 4.72 Å². The Morgan fingerprint density at radius 2 is 1.92 bits per heavy atom. The van der Waals surface area contributed by atoms with Gasteiger partial charge in [-0.25, -0.2) is 4.39 Å². The fourth-order valence-corrected chi connectivity index (χ4v) is 3.95. The fourth-order valence-electron chi connectivity index (χ4n) is 3.56. The minimum absolute atomic E-state index is 0.154. The van der Waals surface area contributed by atoms with Gasteiger partial charge in [0.25, 0.3) is 0 Å². The minimum Gasteiger partial charge on any atom is -0.359 e. The van der Waals surface area contributed by atoms with Gasteiger partial charge in [-0.05, 0) is 35.7 Å². The molecule has 0 spiro atoms. The van der Waals surface area contributed by atoms with E-state index in [9.17, 15) is 4.39 Å². The van der Waals surface area contributed by atoms with E-state index in [1.165, 1.54) is 10.9 Å². The maximum absolute atomic E-state index is 13.4. The van der Waals surface area contributed by atoms with E-state index < -0.39 is 0 Å². The molecule has 24 heavy (non-hydrogen) atoms. The van der Waals surface area contributed by atoms with Crippen molar-refractivity contribution < 1.29 is 4.39 Å². The number of anilines is 1. The van der Waals surface area contributed by atoms with Crippen LogP contribution in [-0.2, 0) is 5.41 Å². The lowest BCUT2D eigenvalue weighted by molar-refractivity contribution is 0.514. The maximum atomic E-state index is 13.4. The maximum Gasteiger partial charge on any atom is 0.123 e. The average molecular weight is 342 g/mol. The van der Waals surface area contributed by atoms with E-state index in [-0.39, 0.29) is 11.2 Å². The summed E-state index contributed by atoms with van der Waals surface area (Å²) in [5, 5.41) is 1.22. The topological polar surface area (TPSA) is 27.8 Å². The number of H-pyrrole nitrogens is 1. The molecule has 0 bridgehead atoms. The van der Waals surface area contributed by atoms with Crippen LogP contribution in [0.1, 0.15) is 37.8 Å². The van der Waals surface area contributed by atoms with Gasteiger partial charge in [-0.2, -0.15) is 0 Å². The summed E-state index contributed by atoms with van der Waals surface area (Å²) in [4.78, 5) is 3.44. The highest BCUT2D eigenvalue weighted by Gasteiger charge is 2.30. The highest BCUT2D eigenvalue weighted by atomic mass is 32.2. The van der Waals surface area contributed by atoms with Gasteiger partial charge in [-0.1, -0.05) is 56.5 Å². The molecule has 1 atom stereocenters. The van der Waals surface area contributed by atoms with Gasteiger partial charge in [-0.15, -0.1) is 0 Å². The molecule has 0 aliphatic rings. The molecule has 0 aliphatic heterocycles. The third-order valence-electron chi connectivity index (χ3n) is 4.75. The Kier molecular flexibility index (Phi) is 4.86. The van der Waals surface area contributed by atoms with Crippen molar-refractivity contribution in [3.8, 4) is 0 Å². The third kappa shape index (κ3) is 2.91. The number of fused-ring (bicyclic) bond motifs is 1. The zero-order chi connectivity index (χ0) is 17.2. The van der Waals surface area contributed by atoms with E-state index >= 15 is 0 Å². The molecule has 0 amide bonds. The van der Waals surface area contributed by atoms with Crippen molar-refractivity contribution in [2.75, 3.05) is 11.0 Å². The number of hydrogen-bond donors (Lipinski definition) is 2. The average Bonchev–Trinajstić information content (AvgIpc) is 3.01. The first-order valence-corrected chi connectivity index (χ1v) is 9.48. The van der Waals surface area contributed by atoms with Crippen LogP contribution in [0, 0.1) is 5.82 Å². The fraction of sp³-hybridized carbons (Fsp3) is 0.300. The standard InChI is InChI=1S/C20H23FN2S/c1-4-12-20(2,14-8-10-15(21)11-9-14)17-13-22-19-16(17)6-5-7-18(19)23-24-3/h5-11,13,22-23H,4,12H2,1-3H3. The van der Waals surface area contributed by atoms with E-state index in [1.807, 2.05) is 18.4 Å². The molecule has 2 aromatic carbocycles. The number of nitrogens with one attached hydrogen (secondary N) is 2. The Hall–Kier alpha value is -1.94. The van der Waals surface area contributed by atoms with Crippen LogP contribution in [0.4, 0.5) is 10.1 Å². The lowest BCUT2D eigenvalue weighted by Crippen LogP contribution is -2.23. The number of rotatable bonds is 6. The van der Waals surface area contributed by atoms with Crippen molar-refractivity contribution in [1.82, 2.24) is 4.98 Å². The zero-order valence-electron chi connectivity index (χ0n) is 14.3. The largest absolute Gasteiger partial charge is 0.359 e. The van der Waals surface area contributed by atoms with E-state index in [0.717, 1.165) is 29.6 Å². The predicted octanol–water partition coefficient (Wildman–Crippen LogP) is 6.10. The van der Waals surface area contributed by atoms with Crippen molar-refractivity contribution in [1.29, 1.82) is 0 Å². The van der Waals surface area contributed by atoms with Crippen LogP contribution in [0.25, 0.3) is 10.9 Å². The lowest BCUT2D eigenvalue weighted by atomic mass is 9.73. The molecule has 1 aromatic heterocycles. The first kappa shape index (κ1) is 16.9. The molecule has 1 unspecified atom stereocenters. The van der Waals surface area contributed by atoms with Crippen LogP contribution >= 0.6 is 11.9 Å². The Bertz CT molecular complexity index is 825. The van der Waals surface area contributed by atoms with Crippen molar-refractivity contribution in [3.05, 3.63) is 65.6 Å². The minimum atomic E-state index is -0.192. The van der Waals surface area contributed by atoms with Crippen LogP contribution in [0.15, 0.2) is 48.7 Å². The van der Waals surface area contributed by atoms with Crippen LogP contribution in [0.5, 0.6) is 0 Å². The van der Waals surface area contributed by atoms with Crippen LogP contribution in [-0.4, -0.2) is 11.2 Å².